The van der Waals surface area contributed by atoms with Crippen molar-refractivity contribution in [2.24, 2.45) is 5.92 Å². The number of likely N-dealkylation sites (tertiary alicyclic amines) is 1. The molecule has 0 radical (unpaired) electrons. The van der Waals surface area contributed by atoms with Gasteiger partial charge in [0, 0.05) is 29.9 Å². The van der Waals surface area contributed by atoms with E-state index in [1.54, 1.807) is 41.4 Å². The molecule has 32 heavy (non-hydrogen) atoms. The first-order valence-electron chi connectivity index (χ1n) is 10.5. The predicted octanol–water partition coefficient (Wildman–Crippen LogP) is 3.12. The number of pyridine rings is 1. The van der Waals surface area contributed by atoms with Gasteiger partial charge in [0.2, 0.25) is 11.7 Å². The Morgan fingerprint density at radius 1 is 1.28 bits per heavy atom. The van der Waals surface area contributed by atoms with E-state index < -0.39 is 5.69 Å². The van der Waals surface area contributed by atoms with Crippen molar-refractivity contribution in [2.45, 2.75) is 26.3 Å². The zero-order valence-corrected chi connectivity index (χ0v) is 18.2. The van der Waals surface area contributed by atoms with E-state index in [0.717, 1.165) is 12.8 Å². The molecular formula is C22H21ClN6O3. The normalized spacial score (nSPS) is 16.6. The molecule has 1 amide bonds. The fourth-order valence-corrected chi connectivity index (χ4v) is 4.22. The van der Waals surface area contributed by atoms with Gasteiger partial charge in [0.15, 0.2) is 5.65 Å². The molecule has 0 saturated carbocycles. The lowest BCUT2D eigenvalue weighted by Crippen LogP contribution is -2.42. The maximum atomic E-state index is 12.9. The first kappa shape index (κ1) is 20.4. The zero-order chi connectivity index (χ0) is 22.2. The topological polar surface area (TPSA) is 98.5 Å². The third kappa shape index (κ3) is 3.80. The highest BCUT2D eigenvalue weighted by atomic mass is 35.5. The van der Waals surface area contributed by atoms with Crippen molar-refractivity contribution >= 4 is 23.2 Å². The average Bonchev–Trinajstić information content (AvgIpc) is 3.39. The number of amides is 1. The SMILES string of the molecule is C[C@@H]1CCCN(C(=O)Cn2nc3c(-c4nc(-c5cccc(Cl)c5)no4)cccn3c2=O)C1. The summed E-state index contributed by atoms with van der Waals surface area (Å²) in [6.07, 6.45) is 3.69. The molecule has 0 spiro atoms. The van der Waals surface area contributed by atoms with Crippen LogP contribution in [0.3, 0.4) is 0 Å². The number of fused-ring (bicyclic) bond motifs is 1. The van der Waals surface area contributed by atoms with E-state index in [1.165, 1.54) is 9.08 Å². The molecule has 0 unspecified atom stereocenters. The van der Waals surface area contributed by atoms with Crippen LogP contribution in [0.5, 0.6) is 0 Å². The summed E-state index contributed by atoms with van der Waals surface area (Å²) < 4.78 is 8.02. The van der Waals surface area contributed by atoms with Gasteiger partial charge in [-0.3, -0.25) is 4.79 Å². The summed E-state index contributed by atoms with van der Waals surface area (Å²) in [5, 5.41) is 9.00. The highest BCUT2D eigenvalue weighted by molar-refractivity contribution is 6.30. The molecule has 164 valence electrons. The van der Waals surface area contributed by atoms with Crippen LogP contribution in [0, 0.1) is 5.92 Å². The van der Waals surface area contributed by atoms with Crippen molar-refractivity contribution in [3.8, 4) is 22.8 Å². The summed E-state index contributed by atoms with van der Waals surface area (Å²) in [5.74, 6) is 0.951. The molecule has 3 aromatic heterocycles. The number of halogens is 1. The molecular weight excluding hydrogens is 432 g/mol. The number of carbonyl (C=O) groups excluding carboxylic acids is 1. The molecule has 9 nitrogen and oxygen atoms in total. The Balaban J connectivity index is 1.47. The Kier molecular flexibility index (Phi) is 5.26. The highest BCUT2D eigenvalue weighted by Gasteiger charge is 2.23. The van der Waals surface area contributed by atoms with Crippen LogP contribution in [0.4, 0.5) is 0 Å². The zero-order valence-electron chi connectivity index (χ0n) is 17.4. The molecule has 0 aliphatic carbocycles. The second kappa shape index (κ2) is 8.23. The fraction of sp³-hybridized carbons (Fsp3) is 0.318. The van der Waals surface area contributed by atoms with Gasteiger partial charge in [0.05, 0.1) is 5.56 Å². The Morgan fingerprint density at radius 3 is 2.97 bits per heavy atom. The molecule has 0 bridgehead atoms. The molecule has 5 rings (SSSR count). The lowest BCUT2D eigenvalue weighted by atomic mass is 10.0. The van der Waals surface area contributed by atoms with Gasteiger partial charge in [-0.05, 0) is 43.0 Å². The van der Waals surface area contributed by atoms with E-state index in [2.05, 4.69) is 22.2 Å². The minimum Gasteiger partial charge on any atom is -0.341 e. The highest BCUT2D eigenvalue weighted by Crippen LogP contribution is 2.26. The molecule has 10 heteroatoms. The maximum Gasteiger partial charge on any atom is 0.350 e. The third-order valence-electron chi connectivity index (χ3n) is 5.64. The second-order valence-electron chi connectivity index (χ2n) is 8.08. The van der Waals surface area contributed by atoms with Crippen LogP contribution in [0.15, 0.2) is 51.9 Å². The quantitative estimate of drug-likeness (QED) is 0.471. The molecule has 1 atom stereocenters. The van der Waals surface area contributed by atoms with Gasteiger partial charge in [0.1, 0.15) is 6.54 Å². The largest absolute Gasteiger partial charge is 0.350 e. The van der Waals surface area contributed by atoms with Crippen LogP contribution in [0.25, 0.3) is 28.5 Å². The third-order valence-corrected chi connectivity index (χ3v) is 5.88. The van der Waals surface area contributed by atoms with Crippen LogP contribution < -0.4 is 5.69 Å². The van der Waals surface area contributed by atoms with Gasteiger partial charge < -0.3 is 9.42 Å². The van der Waals surface area contributed by atoms with E-state index >= 15 is 0 Å². The number of hydrogen-bond acceptors (Lipinski definition) is 6. The van der Waals surface area contributed by atoms with Gasteiger partial charge in [0.25, 0.3) is 5.89 Å². The molecule has 4 heterocycles. The number of rotatable bonds is 4. The molecule has 0 N–H and O–H groups in total. The van der Waals surface area contributed by atoms with Crippen LogP contribution >= 0.6 is 11.6 Å². The van der Waals surface area contributed by atoms with Gasteiger partial charge >= 0.3 is 5.69 Å². The maximum absolute atomic E-state index is 12.9. The number of benzene rings is 1. The van der Waals surface area contributed by atoms with Gasteiger partial charge in [-0.15, -0.1) is 5.10 Å². The van der Waals surface area contributed by atoms with E-state index in [9.17, 15) is 9.59 Å². The summed E-state index contributed by atoms with van der Waals surface area (Å²) in [6, 6.07) is 10.6. The molecule has 1 saturated heterocycles. The fourth-order valence-electron chi connectivity index (χ4n) is 4.03. The molecule has 1 aromatic carbocycles. The van der Waals surface area contributed by atoms with Crippen LogP contribution in [0.1, 0.15) is 19.8 Å². The average molecular weight is 453 g/mol. The molecule has 1 aliphatic heterocycles. The van der Waals surface area contributed by atoms with Crippen molar-refractivity contribution in [3.63, 3.8) is 0 Å². The summed E-state index contributed by atoms with van der Waals surface area (Å²) >= 11 is 6.05. The minimum absolute atomic E-state index is 0.107. The van der Waals surface area contributed by atoms with Crippen molar-refractivity contribution in [1.29, 1.82) is 0 Å². The molecule has 4 aromatic rings. The second-order valence-corrected chi connectivity index (χ2v) is 8.51. The summed E-state index contributed by atoms with van der Waals surface area (Å²) in [5.41, 5.74) is 1.17. The predicted molar refractivity (Wildman–Crippen MR) is 118 cm³/mol. The van der Waals surface area contributed by atoms with E-state index in [1.807, 2.05) is 6.07 Å². The Labute approximate surface area is 188 Å². The lowest BCUT2D eigenvalue weighted by molar-refractivity contribution is -0.133. The van der Waals surface area contributed by atoms with Crippen molar-refractivity contribution in [3.05, 3.63) is 58.1 Å². The number of hydrogen-bond donors (Lipinski definition) is 0. The Hall–Kier alpha value is -3.46. The van der Waals surface area contributed by atoms with Crippen molar-refractivity contribution in [2.75, 3.05) is 13.1 Å². The Morgan fingerprint density at radius 2 is 2.16 bits per heavy atom. The molecule has 1 fully saturated rings. The first-order chi connectivity index (χ1) is 15.5. The van der Waals surface area contributed by atoms with Crippen molar-refractivity contribution in [1.82, 2.24) is 29.2 Å². The summed E-state index contributed by atoms with van der Waals surface area (Å²) in [6.45, 7) is 3.44. The van der Waals surface area contributed by atoms with Gasteiger partial charge in [-0.25, -0.2) is 13.9 Å². The van der Waals surface area contributed by atoms with Gasteiger partial charge in [-0.2, -0.15) is 4.98 Å². The number of piperidine rings is 1. The lowest BCUT2D eigenvalue weighted by Gasteiger charge is -2.30. The van der Waals surface area contributed by atoms with Crippen molar-refractivity contribution < 1.29 is 9.32 Å². The number of carbonyl (C=O) groups is 1. The first-order valence-corrected chi connectivity index (χ1v) is 10.8. The summed E-state index contributed by atoms with van der Waals surface area (Å²) in [7, 11) is 0. The smallest absolute Gasteiger partial charge is 0.341 e. The van der Waals surface area contributed by atoms with Crippen LogP contribution in [-0.2, 0) is 11.3 Å². The monoisotopic (exact) mass is 452 g/mol. The van der Waals surface area contributed by atoms with E-state index in [4.69, 9.17) is 16.1 Å². The Bertz CT molecular complexity index is 1360. The summed E-state index contributed by atoms with van der Waals surface area (Å²) in [4.78, 5) is 31.9. The van der Waals surface area contributed by atoms with Crippen LogP contribution in [-0.4, -0.2) is 48.2 Å². The standard InChI is InChI=1S/C22H21ClN6O3/c1-14-5-3-9-27(12-14)18(30)13-29-22(31)28-10-4-8-17(20(28)25-29)21-24-19(26-32-21)15-6-2-7-16(23)11-15/h2,4,6-8,10-11,14H,3,5,9,12-13H2,1H3/t14-/m1/s1. The van der Waals surface area contributed by atoms with Crippen LogP contribution in [0.2, 0.25) is 5.02 Å². The van der Waals surface area contributed by atoms with Gasteiger partial charge in [-0.1, -0.05) is 35.8 Å². The number of nitrogens with zero attached hydrogens (tertiary/aromatic N) is 6. The minimum atomic E-state index is -0.394. The number of aromatic nitrogens is 5. The van der Waals surface area contributed by atoms with E-state index in [0.29, 0.717) is 46.6 Å². The molecule has 1 aliphatic rings. The van der Waals surface area contributed by atoms with E-state index in [-0.39, 0.29) is 18.3 Å².